The van der Waals surface area contributed by atoms with Crippen molar-refractivity contribution in [2.75, 3.05) is 31.1 Å². The van der Waals surface area contributed by atoms with Crippen molar-refractivity contribution in [3.63, 3.8) is 0 Å². The van der Waals surface area contributed by atoms with Crippen molar-refractivity contribution in [2.45, 2.75) is 46.1 Å². The third-order valence-electron chi connectivity index (χ3n) is 2.61. The second-order valence-electron chi connectivity index (χ2n) is 3.91. The van der Waals surface area contributed by atoms with E-state index < -0.39 is 0 Å². The van der Waals surface area contributed by atoms with Gasteiger partial charge in [0.2, 0.25) is 0 Å². The molecule has 0 saturated carbocycles. The summed E-state index contributed by atoms with van der Waals surface area (Å²) in [6, 6.07) is 0.601. The molecule has 0 aliphatic carbocycles. The second-order valence-corrected chi connectivity index (χ2v) is 5.30. The van der Waals surface area contributed by atoms with Gasteiger partial charge in [-0.2, -0.15) is 11.8 Å². The molecule has 0 aromatic heterocycles. The summed E-state index contributed by atoms with van der Waals surface area (Å²) in [6.07, 6.45) is 3.71. The molecule has 2 N–H and O–H groups in total. The molecule has 0 amide bonds. The van der Waals surface area contributed by atoms with Crippen molar-refractivity contribution in [1.82, 2.24) is 4.90 Å². The number of hydrogen-bond donors (Lipinski definition) is 1. The Kier molecular flexibility index (Phi) is 11.0. The highest BCUT2D eigenvalue weighted by Gasteiger charge is 2.14. The molecular formula is C12H28N2S. The Bertz CT molecular complexity index is 125. The maximum absolute atomic E-state index is 5.87. The van der Waals surface area contributed by atoms with E-state index in [1.54, 1.807) is 0 Å². The van der Waals surface area contributed by atoms with Crippen molar-refractivity contribution in [2.24, 2.45) is 5.73 Å². The predicted molar refractivity (Wildman–Crippen MR) is 72.6 cm³/mol. The summed E-state index contributed by atoms with van der Waals surface area (Å²) in [5.41, 5.74) is 5.87. The second kappa shape index (κ2) is 10.8. The van der Waals surface area contributed by atoms with E-state index in [1.165, 1.54) is 43.9 Å². The number of hydrogen-bond acceptors (Lipinski definition) is 3. The summed E-state index contributed by atoms with van der Waals surface area (Å²) in [6.45, 7) is 9.93. The van der Waals surface area contributed by atoms with Crippen LogP contribution < -0.4 is 5.73 Å². The van der Waals surface area contributed by atoms with Gasteiger partial charge in [0.05, 0.1) is 0 Å². The first-order valence-electron chi connectivity index (χ1n) is 6.31. The van der Waals surface area contributed by atoms with Gasteiger partial charge >= 0.3 is 0 Å². The van der Waals surface area contributed by atoms with Crippen LogP contribution in [0.15, 0.2) is 0 Å². The first-order chi connectivity index (χ1) is 7.29. The van der Waals surface area contributed by atoms with E-state index in [0.29, 0.717) is 6.04 Å². The van der Waals surface area contributed by atoms with Crippen molar-refractivity contribution in [1.29, 1.82) is 0 Å². The topological polar surface area (TPSA) is 29.3 Å². The zero-order chi connectivity index (χ0) is 11.5. The molecule has 0 aromatic rings. The Balaban J connectivity index is 3.93. The van der Waals surface area contributed by atoms with E-state index in [4.69, 9.17) is 5.73 Å². The SMILES string of the molecule is CCCN(CCC)C(CN)CCSCC. The molecule has 92 valence electrons. The highest BCUT2D eigenvalue weighted by Crippen LogP contribution is 2.10. The minimum Gasteiger partial charge on any atom is -0.329 e. The summed E-state index contributed by atoms with van der Waals surface area (Å²) >= 11 is 2.02. The van der Waals surface area contributed by atoms with Gasteiger partial charge in [0.1, 0.15) is 0 Å². The predicted octanol–water partition coefficient (Wildman–Crippen LogP) is 2.58. The van der Waals surface area contributed by atoms with E-state index in [2.05, 4.69) is 25.7 Å². The van der Waals surface area contributed by atoms with Crippen LogP contribution in [-0.4, -0.2) is 42.1 Å². The summed E-state index contributed by atoms with van der Waals surface area (Å²) in [5.74, 6) is 2.47. The molecule has 3 heteroatoms. The molecule has 0 radical (unpaired) electrons. The van der Waals surface area contributed by atoms with Crippen LogP contribution in [0.3, 0.4) is 0 Å². The molecule has 0 aliphatic rings. The lowest BCUT2D eigenvalue weighted by atomic mass is 10.1. The summed E-state index contributed by atoms with van der Waals surface area (Å²) in [4.78, 5) is 2.57. The maximum Gasteiger partial charge on any atom is 0.0226 e. The average molecular weight is 232 g/mol. The number of rotatable bonds is 10. The molecule has 0 fully saturated rings. The molecule has 1 atom stereocenters. The average Bonchev–Trinajstić information content (AvgIpc) is 2.24. The van der Waals surface area contributed by atoms with Gasteiger partial charge in [-0.25, -0.2) is 0 Å². The molecule has 0 aromatic carbocycles. The van der Waals surface area contributed by atoms with E-state index in [0.717, 1.165) is 6.54 Å². The molecule has 1 unspecified atom stereocenters. The van der Waals surface area contributed by atoms with E-state index in [1.807, 2.05) is 11.8 Å². The molecule has 15 heavy (non-hydrogen) atoms. The van der Waals surface area contributed by atoms with Crippen LogP contribution in [0.1, 0.15) is 40.0 Å². The molecule has 0 rings (SSSR count). The number of nitrogens with two attached hydrogens (primary N) is 1. The third-order valence-corrected chi connectivity index (χ3v) is 3.54. The fourth-order valence-electron chi connectivity index (χ4n) is 1.86. The maximum atomic E-state index is 5.87. The molecule has 0 aliphatic heterocycles. The highest BCUT2D eigenvalue weighted by molar-refractivity contribution is 7.99. The smallest absolute Gasteiger partial charge is 0.0226 e. The van der Waals surface area contributed by atoms with Crippen molar-refractivity contribution < 1.29 is 0 Å². The van der Waals surface area contributed by atoms with Crippen molar-refractivity contribution in [3.8, 4) is 0 Å². The molecule has 0 heterocycles. The van der Waals surface area contributed by atoms with E-state index in [9.17, 15) is 0 Å². The van der Waals surface area contributed by atoms with Crippen LogP contribution in [0.25, 0.3) is 0 Å². The van der Waals surface area contributed by atoms with Crippen LogP contribution in [0.2, 0.25) is 0 Å². The van der Waals surface area contributed by atoms with Gasteiger partial charge in [-0.1, -0.05) is 20.8 Å². The van der Waals surface area contributed by atoms with Crippen molar-refractivity contribution >= 4 is 11.8 Å². The van der Waals surface area contributed by atoms with Gasteiger partial charge in [-0.3, -0.25) is 4.90 Å². The van der Waals surface area contributed by atoms with Gasteiger partial charge in [-0.15, -0.1) is 0 Å². The zero-order valence-corrected chi connectivity index (χ0v) is 11.5. The van der Waals surface area contributed by atoms with Gasteiger partial charge in [0, 0.05) is 12.6 Å². The standard InChI is InChI=1S/C12H28N2S/c1-4-8-14(9-5-2)12(11-13)7-10-15-6-3/h12H,4-11,13H2,1-3H3. The Morgan fingerprint density at radius 3 is 2.13 bits per heavy atom. The first kappa shape index (κ1) is 15.3. The lowest BCUT2D eigenvalue weighted by Gasteiger charge is -2.30. The molecule has 0 bridgehead atoms. The summed E-state index contributed by atoms with van der Waals surface area (Å²) < 4.78 is 0. The summed E-state index contributed by atoms with van der Waals surface area (Å²) in [7, 11) is 0. The minimum atomic E-state index is 0.601. The third kappa shape index (κ3) is 7.20. The first-order valence-corrected chi connectivity index (χ1v) is 7.47. The summed E-state index contributed by atoms with van der Waals surface area (Å²) in [5, 5.41) is 0. The normalized spacial score (nSPS) is 13.4. The van der Waals surface area contributed by atoms with Crippen LogP contribution in [-0.2, 0) is 0 Å². The highest BCUT2D eigenvalue weighted by atomic mass is 32.2. The van der Waals surface area contributed by atoms with Gasteiger partial charge in [0.25, 0.3) is 0 Å². The van der Waals surface area contributed by atoms with Crippen LogP contribution in [0, 0.1) is 0 Å². The van der Waals surface area contributed by atoms with Crippen LogP contribution in [0.4, 0.5) is 0 Å². The fraction of sp³-hybridized carbons (Fsp3) is 1.00. The Morgan fingerprint density at radius 2 is 1.73 bits per heavy atom. The Labute approximate surface area is 100.0 Å². The Hall–Kier alpha value is 0.270. The van der Waals surface area contributed by atoms with Crippen LogP contribution >= 0.6 is 11.8 Å². The molecule has 0 spiro atoms. The molecular weight excluding hydrogens is 204 g/mol. The lowest BCUT2D eigenvalue weighted by Crippen LogP contribution is -2.42. The molecule has 2 nitrogen and oxygen atoms in total. The molecule has 0 saturated heterocycles. The van der Waals surface area contributed by atoms with Crippen molar-refractivity contribution in [3.05, 3.63) is 0 Å². The largest absolute Gasteiger partial charge is 0.329 e. The van der Waals surface area contributed by atoms with E-state index >= 15 is 0 Å². The van der Waals surface area contributed by atoms with E-state index in [-0.39, 0.29) is 0 Å². The lowest BCUT2D eigenvalue weighted by molar-refractivity contribution is 0.196. The van der Waals surface area contributed by atoms with Gasteiger partial charge < -0.3 is 5.73 Å². The number of thioether (sulfide) groups is 1. The Morgan fingerprint density at radius 1 is 1.13 bits per heavy atom. The van der Waals surface area contributed by atoms with Gasteiger partial charge in [0.15, 0.2) is 0 Å². The minimum absolute atomic E-state index is 0.601. The number of nitrogens with zero attached hydrogens (tertiary/aromatic N) is 1. The monoisotopic (exact) mass is 232 g/mol. The van der Waals surface area contributed by atoms with Crippen LogP contribution in [0.5, 0.6) is 0 Å². The van der Waals surface area contributed by atoms with Gasteiger partial charge in [-0.05, 0) is 43.9 Å². The zero-order valence-electron chi connectivity index (χ0n) is 10.7. The quantitative estimate of drug-likeness (QED) is 0.587. The fourth-order valence-corrected chi connectivity index (χ4v) is 2.59.